The summed E-state index contributed by atoms with van der Waals surface area (Å²) in [5, 5.41) is 2.44. The highest BCUT2D eigenvalue weighted by Crippen LogP contribution is 2.33. The standard InChI is InChI=1S/C27H21N3/c1-18-7-5-8-19(2)26(18)30-25-11-4-3-10-24(25)28-27(30)20-12-13-21-17-29-14-6-9-23(29)16-22(21)15-20/h3-17H,1-2H3. The van der Waals surface area contributed by atoms with Crippen LogP contribution in [0, 0.1) is 13.8 Å². The van der Waals surface area contributed by atoms with Gasteiger partial charge in [0.05, 0.1) is 16.7 Å². The summed E-state index contributed by atoms with van der Waals surface area (Å²) in [6.45, 7) is 4.34. The van der Waals surface area contributed by atoms with Gasteiger partial charge in [-0.15, -0.1) is 0 Å². The fourth-order valence-corrected chi connectivity index (χ4v) is 4.52. The maximum absolute atomic E-state index is 5.06. The lowest BCUT2D eigenvalue weighted by Gasteiger charge is -2.15. The van der Waals surface area contributed by atoms with Crippen molar-refractivity contribution in [1.82, 2.24) is 14.0 Å². The summed E-state index contributed by atoms with van der Waals surface area (Å²) in [4.78, 5) is 5.06. The minimum atomic E-state index is 0.978. The van der Waals surface area contributed by atoms with Gasteiger partial charge in [-0.3, -0.25) is 4.57 Å². The molecule has 3 nitrogen and oxygen atoms in total. The van der Waals surface area contributed by atoms with Crippen LogP contribution < -0.4 is 0 Å². The van der Waals surface area contributed by atoms with Crippen molar-refractivity contribution in [2.24, 2.45) is 0 Å². The molecule has 0 saturated carbocycles. The molecule has 0 N–H and O–H groups in total. The second-order valence-electron chi connectivity index (χ2n) is 7.96. The van der Waals surface area contributed by atoms with Crippen LogP contribution in [0.2, 0.25) is 0 Å². The summed E-state index contributed by atoms with van der Waals surface area (Å²) in [7, 11) is 0. The Morgan fingerprint density at radius 3 is 2.43 bits per heavy atom. The van der Waals surface area contributed by atoms with E-state index >= 15 is 0 Å². The SMILES string of the molecule is Cc1cccc(C)c1-n1c(-c2ccc3cn4cccc4cc3c2)nc2ccccc21. The molecule has 0 aliphatic heterocycles. The lowest BCUT2D eigenvalue weighted by molar-refractivity contribution is 1.06. The number of fused-ring (bicyclic) bond motifs is 3. The smallest absolute Gasteiger partial charge is 0.145 e. The summed E-state index contributed by atoms with van der Waals surface area (Å²) in [6, 6.07) is 27.9. The molecule has 0 spiro atoms. The first kappa shape index (κ1) is 17.0. The second kappa shape index (κ2) is 6.33. The van der Waals surface area contributed by atoms with Gasteiger partial charge in [-0.25, -0.2) is 4.98 Å². The number of hydrogen-bond donors (Lipinski definition) is 0. The van der Waals surface area contributed by atoms with Crippen molar-refractivity contribution in [2.45, 2.75) is 13.8 Å². The van der Waals surface area contributed by atoms with E-state index in [1.165, 1.54) is 33.1 Å². The lowest BCUT2D eigenvalue weighted by Crippen LogP contribution is -2.02. The van der Waals surface area contributed by atoms with Crippen molar-refractivity contribution in [3.05, 3.63) is 102 Å². The Kier molecular flexibility index (Phi) is 3.59. The maximum Gasteiger partial charge on any atom is 0.145 e. The van der Waals surface area contributed by atoms with Crippen molar-refractivity contribution in [3.8, 4) is 17.1 Å². The third-order valence-electron chi connectivity index (χ3n) is 5.96. The van der Waals surface area contributed by atoms with Gasteiger partial charge in [-0.2, -0.15) is 0 Å². The number of para-hydroxylation sites is 3. The Hall–Kier alpha value is -3.85. The number of aryl methyl sites for hydroxylation is 2. The molecule has 3 heterocycles. The highest BCUT2D eigenvalue weighted by Gasteiger charge is 2.17. The largest absolute Gasteiger partial charge is 0.323 e. The van der Waals surface area contributed by atoms with E-state index in [-0.39, 0.29) is 0 Å². The van der Waals surface area contributed by atoms with E-state index < -0.39 is 0 Å². The van der Waals surface area contributed by atoms with Gasteiger partial charge in [0, 0.05) is 23.5 Å². The van der Waals surface area contributed by atoms with E-state index in [0.717, 1.165) is 22.4 Å². The Balaban J connectivity index is 1.67. The molecule has 0 aliphatic carbocycles. The Morgan fingerprint density at radius 2 is 1.57 bits per heavy atom. The van der Waals surface area contributed by atoms with E-state index in [4.69, 9.17) is 4.98 Å². The molecule has 0 saturated heterocycles. The average Bonchev–Trinajstić information content (AvgIpc) is 3.36. The Bertz CT molecular complexity index is 1550. The third-order valence-corrected chi connectivity index (χ3v) is 5.96. The zero-order chi connectivity index (χ0) is 20.2. The maximum atomic E-state index is 5.06. The van der Waals surface area contributed by atoms with Crippen LogP contribution in [0.25, 0.3) is 44.4 Å². The molecule has 144 valence electrons. The Morgan fingerprint density at radius 1 is 0.733 bits per heavy atom. The van der Waals surface area contributed by atoms with Crippen LogP contribution in [0.3, 0.4) is 0 Å². The summed E-state index contributed by atoms with van der Waals surface area (Å²) in [5.74, 6) is 0.978. The molecule has 0 bridgehead atoms. The van der Waals surface area contributed by atoms with E-state index in [1.54, 1.807) is 0 Å². The zero-order valence-electron chi connectivity index (χ0n) is 17.0. The van der Waals surface area contributed by atoms with Gasteiger partial charge in [-0.05, 0) is 72.1 Å². The first-order valence-electron chi connectivity index (χ1n) is 10.2. The van der Waals surface area contributed by atoms with Gasteiger partial charge in [0.2, 0.25) is 0 Å². The topological polar surface area (TPSA) is 22.2 Å². The van der Waals surface area contributed by atoms with Crippen LogP contribution >= 0.6 is 0 Å². The molecular weight excluding hydrogens is 366 g/mol. The van der Waals surface area contributed by atoms with E-state index in [1.807, 2.05) is 0 Å². The van der Waals surface area contributed by atoms with Crippen LogP contribution in [-0.4, -0.2) is 14.0 Å². The fraction of sp³-hybridized carbons (Fsp3) is 0.0741. The molecule has 0 unspecified atom stereocenters. The highest BCUT2D eigenvalue weighted by atomic mass is 15.1. The van der Waals surface area contributed by atoms with E-state index in [0.29, 0.717) is 0 Å². The van der Waals surface area contributed by atoms with Crippen LogP contribution in [0.4, 0.5) is 0 Å². The molecule has 0 radical (unpaired) electrons. The van der Waals surface area contributed by atoms with E-state index in [9.17, 15) is 0 Å². The number of benzene rings is 3. The molecule has 3 aromatic carbocycles. The summed E-state index contributed by atoms with van der Waals surface area (Å²) in [5.41, 5.74) is 8.16. The van der Waals surface area contributed by atoms with Gasteiger partial charge in [-0.1, -0.05) is 42.5 Å². The van der Waals surface area contributed by atoms with E-state index in [2.05, 4.69) is 114 Å². The molecule has 3 aromatic heterocycles. The number of imidazole rings is 1. The normalized spacial score (nSPS) is 11.7. The monoisotopic (exact) mass is 387 g/mol. The molecule has 30 heavy (non-hydrogen) atoms. The number of pyridine rings is 1. The van der Waals surface area contributed by atoms with Gasteiger partial charge < -0.3 is 4.40 Å². The summed E-state index contributed by atoms with van der Waals surface area (Å²) in [6.07, 6.45) is 4.27. The molecule has 0 aliphatic rings. The Labute approximate surface area is 174 Å². The van der Waals surface area contributed by atoms with Gasteiger partial charge >= 0.3 is 0 Å². The molecule has 6 aromatic rings. The molecule has 0 amide bonds. The molecule has 6 rings (SSSR count). The van der Waals surface area contributed by atoms with Crippen LogP contribution in [0.5, 0.6) is 0 Å². The minimum Gasteiger partial charge on any atom is -0.323 e. The fourth-order valence-electron chi connectivity index (χ4n) is 4.52. The molecular formula is C27H21N3. The third kappa shape index (κ3) is 2.49. The average molecular weight is 387 g/mol. The van der Waals surface area contributed by atoms with Crippen LogP contribution in [-0.2, 0) is 0 Å². The van der Waals surface area contributed by atoms with Crippen molar-refractivity contribution < 1.29 is 0 Å². The number of aromatic nitrogens is 3. The quantitative estimate of drug-likeness (QED) is 0.323. The number of hydrogen-bond acceptors (Lipinski definition) is 1. The molecule has 0 fully saturated rings. The lowest BCUT2D eigenvalue weighted by atomic mass is 10.1. The minimum absolute atomic E-state index is 0.978. The van der Waals surface area contributed by atoms with Crippen LogP contribution in [0.15, 0.2) is 91.3 Å². The van der Waals surface area contributed by atoms with Crippen molar-refractivity contribution in [1.29, 1.82) is 0 Å². The van der Waals surface area contributed by atoms with Crippen LogP contribution in [0.1, 0.15) is 11.1 Å². The highest BCUT2D eigenvalue weighted by molar-refractivity contribution is 5.91. The zero-order valence-corrected chi connectivity index (χ0v) is 17.0. The van der Waals surface area contributed by atoms with Crippen molar-refractivity contribution in [3.63, 3.8) is 0 Å². The number of nitrogens with zero attached hydrogens (tertiary/aromatic N) is 3. The first-order chi connectivity index (χ1) is 14.7. The predicted octanol–water partition coefficient (Wildman–Crippen LogP) is 6.72. The summed E-state index contributed by atoms with van der Waals surface area (Å²) >= 11 is 0. The van der Waals surface area contributed by atoms with Gasteiger partial charge in [0.1, 0.15) is 5.82 Å². The molecule has 3 heteroatoms. The molecule has 0 atom stereocenters. The predicted molar refractivity (Wildman–Crippen MR) is 124 cm³/mol. The second-order valence-corrected chi connectivity index (χ2v) is 7.96. The van der Waals surface area contributed by atoms with Crippen molar-refractivity contribution in [2.75, 3.05) is 0 Å². The van der Waals surface area contributed by atoms with Gasteiger partial charge in [0.15, 0.2) is 0 Å². The van der Waals surface area contributed by atoms with Crippen molar-refractivity contribution >= 4 is 27.3 Å². The first-order valence-corrected chi connectivity index (χ1v) is 10.2. The summed E-state index contributed by atoms with van der Waals surface area (Å²) < 4.78 is 4.48. The number of rotatable bonds is 2. The van der Waals surface area contributed by atoms with Gasteiger partial charge in [0.25, 0.3) is 0 Å².